The van der Waals surface area contributed by atoms with Crippen LogP contribution in [-0.4, -0.2) is 18.4 Å². The summed E-state index contributed by atoms with van der Waals surface area (Å²) in [5, 5.41) is 5.61. The average molecular weight is 296 g/mol. The quantitative estimate of drug-likeness (QED) is 0.913. The second-order valence-corrected chi connectivity index (χ2v) is 5.22. The molecule has 3 rings (SSSR count). The lowest BCUT2D eigenvalue weighted by Gasteiger charge is -2.18. The lowest BCUT2D eigenvalue weighted by molar-refractivity contribution is -0.118. The summed E-state index contributed by atoms with van der Waals surface area (Å²) in [5.41, 5.74) is 3.27. The molecule has 0 saturated heterocycles. The number of amides is 2. The summed E-state index contributed by atoms with van der Waals surface area (Å²) in [5.74, 6) is 0.347. The smallest absolute Gasteiger partial charge is 0.262 e. The molecule has 1 heterocycles. The van der Waals surface area contributed by atoms with Crippen molar-refractivity contribution in [1.82, 2.24) is 5.32 Å². The zero-order valence-corrected chi connectivity index (χ0v) is 12.2. The van der Waals surface area contributed by atoms with E-state index in [-0.39, 0.29) is 18.4 Å². The first kappa shape index (κ1) is 14.1. The molecule has 0 fully saturated rings. The van der Waals surface area contributed by atoms with Crippen molar-refractivity contribution in [1.29, 1.82) is 0 Å². The van der Waals surface area contributed by atoms with Gasteiger partial charge in [0, 0.05) is 12.1 Å². The SMILES string of the molecule is Cc1ccc(C(=O)NCc2ccc3c(c2)NC(=O)CO3)cc1. The number of aryl methyl sites for hydroxylation is 1. The van der Waals surface area contributed by atoms with E-state index in [1.807, 2.05) is 31.2 Å². The van der Waals surface area contributed by atoms with Gasteiger partial charge in [-0.3, -0.25) is 9.59 Å². The molecule has 112 valence electrons. The maximum atomic E-state index is 12.1. The Morgan fingerprint density at radius 3 is 2.77 bits per heavy atom. The van der Waals surface area contributed by atoms with E-state index in [1.54, 1.807) is 18.2 Å². The van der Waals surface area contributed by atoms with E-state index in [0.717, 1.165) is 11.1 Å². The van der Waals surface area contributed by atoms with Crippen LogP contribution in [0.3, 0.4) is 0 Å². The highest BCUT2D eigenvalue weighted by atomic mass is 16.5. The minimum atomic E-state index is -0.173. The lowest BCUT2D eigenvalue weighted by atomic mass is 10.1. The Balaban J connectivity index is 1.66. The fraction of sp³-hybridized carbons (Fsp3) is 0.176. The number of carbonyl (C=O) groups is 2. The minimum Gasteiger partial charge on any atom is -0.482 e. The van der Waals surface area contributed by atoms with E-state index in [0.29, 0.717) is 23.5 Å². The molecular formula is C17H16N2O3. The Morgan fingerprint density at radius 1 is 1.23 bits per heavy atom. The largest absolute Gasteiger partial charge is 0.482 e. The van der Waals surface area contributed by atoms with Gasteiger partial charge in [0.25, 0.3) is 11.8 Å². The van der Waals surface area contributed by atoms with Gasteiger partial charge in [-0.25, -0.2) is 0 Å². The zero-order chi connectivity index (χ0) is 15.5. The van der Waals surface area contributed by atoms with Crippen molar-refractivity contribution in [2.75, 3.05) is 11.9 Å². The van der Waals surface area contributed by atoms with Crippen LogP contribution in [0, 0.1) is 6.92 Å². The molecule has 2 N–H and O–H groups in total. The second kappa shape index (κ2) is 5.89. The number of hydrogen-bond donors (Lipinski definition) is 2. The van der Waals surface area contributed by atoms with Crippen LogP contribution in [0.4, 0.5) is 5.69 Å². The molecule has 0 saturated carbocycles. The van der Waals surface area contributed by atoms with Crippen LogP contribution in [0.25, 0.3) is 0 Å². The highest BCUT2D eigenvalue weighted by molar-refractivity contribution is 5.96. The van der Waals surface area contributed by atoms with Gasteiger partial charge in [-0.1, -0.05) is 23.8 Å². The van der Waals surface area contributed by atoms with Gasteiger partial charge in [-0.2, -0.15) is 0 Å². The van der Waals surface area contributed by atoms with Gasteiger partial charge in [0.05, 0.1) is 5.69 Å². The Hall–Kier alpha value is -2.82. The number of benzene rings is 2. The fourth-order valence-electron chi connectivity index (χ4n) is 2.23. The molecule has 5 heteroatoms. The molecule has 0 radical (unpaired) electrons. The molecule has 2 aromatic carbocycles. The van der Waals surface area contributed by atoms with Gasteiger partial charge < -0.3 is 15.4 Å². The van der Waals surface area contributed by atoms with E-state index in [4.69, 9.17) is 4.74 Å². The van der Waals surface area contributed by atoms with Crippen molar-refractivity contribution in [3.8, 4) is 5.75 Å². The molecular weight excluding hydrogens is 280 g/mol. The summed E-state index contributed by atoms with van der Waals surface area (Å²) >= 11 is 0. The first-order valence-corrected chi connectivity index (χ1v) is 7.02. The van der Waals surface area contributed by atoms with Crippen molar-refractivity contribution >= 4 is 17.5 Å². The molecule has 1 aliphatic heterocycles. The highest BCUT2D eigenvalue weighted by Gasteiger charge is 2.16. The van der Waals surface area contributed by atoms with Crippen LogP contribution in [-0.2, 0) is 11.3 Å². The van der Waals surface area contributed by atoms with Crippen LogP contribution >= 0.6 is 0 Å². The number of anilines is 1. The molecule has 2 aromatic rings. The normalized spacial score (nSPS) is 12.9. The zero-order valence-electron chi connectivity index (χ0n) is 12.2. The van der Waals surface area contributed by atoms with Gasteiger partial charge in [0.1, 0.15) is 5.75 Å². The number of carbonyl (C=O) groups excluding carboxylic acids is 2. The third-order valence-electron chi connectivity index (χ3n) is 3.44. The summed E-state index contributed by atoms with van der Waals surface area (Å²) < 4.78 is 5.30. The number of ether oxygens (including phenoxy) is 1. The molecule has 0 spiro atoms. The van der Waals surface area contributed by atoms with Crippen LogP contribution in [0.1, 0.15) is 21.5 Å². The Morgan fingerprint density at radius 2 is 2.00 bits per heavy atom. The first-order valence-electron chi connectivity index (χ1n) is 7.02. The predicted octanol–water partition coefficient (Wildman–Crippen LogP) is 2.26. The standard InChI is InChI=1S/C17H16N2O3/c1-11-2-5-13(6-3-11)17(21)18-9-12-4-7-15-14(8-12)19-16(20)10-22-15/h2-8H,9-10H2,1H3,(H,18,21)(H,19,20). The Bertz CT molecular complexity index is 723. The van der Waals surface area contributed by atoms with Crippen molar-refractivity contribution in [3.05, 3.63) is 59.2 Å². The Labute approximate surface area is 128 Å². The van der Waals surface area contributed by atoms with E-state index < -0.39 is 0 Å². The van der Waals surface area contributed by atoms with Crippen molar-refractivity contribution in [3.63, 3.8) is 0 Å². The summed E-state index contributed by atoms with van der Waals surface area (Å²) in [6.45, 7) is 2.40. The molecule has 5 nitrogen and oxygen atoms in total. The number of nitrogens with one attached hydrogen (secondary N) is 2. The molecule has 2 amide bonds. The monoisotopic (exact) mass is 296 g/mol. The Kier molecular flexibility index (Phi) is 3.78. The summed E-state index contributed by atoms with van der Waals surface area (Å²) in [4.78, 5) is 23.4. The first-order chi connectivity index (χ1) is 10.6. The highest BCUT2D eigenvalue weighted by Crippen LogP contribution is 2.28. The molecule has 0 bridgehead atoms. The van der Waals surface area contributed by atoms with E-state index >= 15 is 0 Å². The van der Waals surface area contributed by atoms with Gasteiger partial charge in [-0.15, -0.1) is 0 Å². The van der Waals surface area contributed by atoms with Crippen molar-refractivity contribution in [2.24, 2.45) is 0 Å². The third kappa shape index (κ3) is 3.09. The summed E-state index contributed by atoms with van der Waals surface area (Å²) in [6, 6.07) is 12.9. The predicted molar refractivity (Wildman–Crippen MR) is 82.9 cm³/mol. The topological polar surface area (TPSA) is 67.4 Å². The molecule has 0 aliphatic carbocycles. The molecule has 22 heavy (non-hydrogen) atoms. The van der Waals surface area contributed by atoms with Crippen molar-refractivity contribution in [2.45, 2.75) is 13.5 Å². The summed E-state index contributed by atoms with van der Waals surface area (Å²) in [7, 11) is 0. The third-order valence-corrected chi connectivity index (χ3v) is 3.44. The van der Waals surface area contributed by atoms with Gasteiger partial charge in [-0.05, 0) is 36.8 Å². The second-order valence-electron chi connectivity index (χ2n) is 5.22. The molecule has 0 aromatic heterocycles. The number of hydrogen-bond acceptors (Lipinski definition) is 3. The van der Waals surface area contributed by atoms with Crippen LogP contribution < -0.4 is 15.4 Å². The van der Waals surface area contributed by atoms with Gasteiger partial charge in [0.2, 0.25) is 0 Å². The maximum Gasteiger partial charge on any atom is 0.262 e. The summed E-state index contributed by atoms with van der Waals surface area (Å²) in [6.07, 6.45) is 0. The lowest BCUT2D eigenvalue weighted by Crippen LogP contribution is -2.26. The molecule has 0 unspecified atom stereocenters. The van der Waals surface area contributed by atoms with E-state index in [2.05, 4.69) is 10.6 Å². The fourth-order valence-corrected chi connectivity index (χ4v) is 2.23. The van der Waals surface area contributed by atoms with Gasteiger partial charge >= 0.3 is 0 Å². The molecule has 0 atom stereocenters. The van der Waals surface area contributed by atoms with E-state index in [1.165, 1.54) is 0 Å². The minimum absolute atomic E-state index is 0.0382. The van der Waals surface area contributed by atoms with E-state index in [9.17, 15) is 9.59 Å². The van der Waals surface area contributed by atoms with Crippen LogP contribution in [0.5, 0.6) is 5.75 Å². The van der Waals surface area contributed by atoms with Crippen molar-refractivity contribution < 1.29 is 14.3 Å². The maximum absolute atomic E-state index is 12.1. The number of rotatable bonds is 3. The number of fused-ring (bicyclic) bond motifs is 1. The van der Waals surface area contributed by atoms with Crippen LogP contribution in [0.2, 0.25) is 0 Å². The van der Waals surface area contributed by atoms with Gasteiger partial charge in [0.15, 0.2) is 6.61 Å². The average Bonchev–Trinajstić information content (AvgIpc) is 2.53. The molecule has 1 aliphatic rings. The van der Waals surface area contributed by atoms with Crippen LogP contribution in [0.15, 0.2) is 42.5 Å².